The van der Waals surface area contributed by atoms with E-state index in [9.17, 15) is 13.2 Å². The number of benzene rings is 3. The number of methoxy groups -OCH3 is 1. The van der Waals surface area contributed by atoms with Crippen LogP contribution in [0.25, 0.3) is 10.9 Å². The topological polar surface area (TPSA) is 77.8 Å². The number of para-hydroxylation sites is 1. The highest BCUT2D eigenvalue weighted by Gasteiger charge is 2.39. The third-order valence-electron chi connectivity index (χ3n) is 6.83. The first-order chi connectivity index (χ1) is 18.0. The van der Waals surface area contributed by atoms with Gasteiger partial charge in [0.15, 0.2) is 0 Å². The molecule has 0 saturated heterocycles. The van der Waals surface area contributed by atoms with Crippen molar-refractivity contribution in [3.8, 4) is 5.75 Å². The van der Waals surface area contributed by atoms with Gasteiger partial charge >= 0.3 is 6.09 Å². The molecule has 1 atom stereocenters. The van der Waals surface area contributed by atoms with E-state index in [0.29, 0.717) is 17.0 Å². The van der Waals surface area contributed by atoms with Crippen LogP contribution in [0.15, 0.2) is 77.7 Å². The number of hydrogen-bond acceptors (Lipinski definition) is 5. The molecule has 0 radical (unpaired) electrons. The van der Waals surface area contributed by atoms with Crippen molar-refractivity contribution < 1.29 is 22.7 Å². The largest absolute Gasteiger partial charge is 0.497 e. The highest BCUT2D eigenvalue weighted by molar-refractivity contribution is 7.89. The lowest BCUT2D eigenvalue weighted by molar-refractivity contribution is 0.0536. The minimum atomic E-state index is -3.85. The Balaban J connectivity index is 1.73. The third-order valence-corrected chi connectivity index (χ3v) is 8.66. The van der Waals surface area contributed by atoms with Gasteiger partial charge in [0.05, 0.1) is 24.1 Å². The third kappa shape index (κ3) is 4.70. The molecule has 1 unspecified atom stereocenters. The summed E-state index contributed by atoms with van der Waals surface area (Å²) in [5.41, 5.74) is 3.44. The fraction of sp³-hybridized carbons (Fsp3) is 0.300. The summed E-state index contributed by atoms with van der Waals surface area (Å²) in [6.45, 7) is 7.65. The SMILES string of the molecule is COc1ccc(C2CN(S(=O)(=O)c3ccc(C)cc3)Cc3c2c2ccccc2n3C(=O)OC(C)(C)C)cc1. The Morgan fingerprint density at radius 2 is 1.61 bits per heavy atom. The zero-order valence-corrected chi connectivity index (χ0v) is 23.1. The molecule has 0 spiro atoms. The molecule has 198 valence electrons. The second-order valence-electron chi connectivity index (χ2n) is 10.6. The van der Waals surface area contributed by atoms with Gasteiger partial charge < -0.3 is 9.47 Å². The molecule has 0 amide bonds. The van der Waals surface area contributed by atoms with Crippen LogP contribution < -0.4 is 4.74 Å². The van der Waals surface area contributed by atoms with Gasteiger partial charge in [-0.1, -0.05) is 48.0 Å². The molecule has 0 aliphatic carbocycles. The molecule has 0 fully saturated rings. The van der Waals surface area contributed by atoms with Gasteiger partial charge in [-0.2, -0.15) is 4.31 Å². The van der Waals surface area contributed by atoms with Crippen LogP contribution in [-0.4, -0.2) is 42.6 Å². The van der Waals surface area contributed by atoms with Crippen LogP contribution >= 0.6 is 0 Å². The summed E-state index contributed by atoms with van der Waals surface area (Å²) in [6, 6.07) is 22.2. The van der Waals surface area contributed by atoms with Crippen LogP contribution in [0.3, 0.4) is 0 Å². The van der Waals surface area contributed by atoms with Gasteiger partial charge in [0.2, 0.25) is 10.0 Å². The smallest absolute Gasteiger partial charge is 0.419 e. The number of hydrogen-bond donors (Lipinski definition) is 0. The van der Waals surface area contributed by atoms with Gasteiger partial charge in [-0.25, -0.2) is 17.8 Å². The molecule has 1 aromatic heterocycles. The Morgan fingerprint density at radius 1 is 0.947 bits per heavy atom. The van der Waals surface area contributed by atoms with Gasteiger partial charge in [0.1, 0.15) is 11.4 Å². The molecule has 0 bridgehead atoms. The number of sulfonamides is 1. The van der Waals surface area contributed by atoms with Crippen molar-refractivity contribution in [2.45, 2.75) is 50.7 Å². The summed E-state index contributed by atoms with van der Waals surface area (Å²) >= 11 is 0. The summed E-state index contributed by atoms with van der Waals surface area (Å²) in [7, 11) is -2.24. The van der Waals surface area contributed by atoms with Crippen LogP contribution in [0, 0.1) is 6.92 Å². The van der Waals surface area contributed by atoms with Gasteiger partial charge in [-0.15, -0.1) is 0 Å². The number of aromatic nitrogens is 1. The van der Waals surface area contributed by atoms with E-state index in [0.717, 1.165) is 22.1 Å². The van der Waals surface area contributed by atoms with E-state index in [4.69, 9.17) is 9.47 Å². The van der Waals surface area contributed by atoms with Crippen LogP contribution in [-0.2, 0) is 21.3 Å². The monoisotopic (exact) mass is 532 g/mol. The lowest BCUT2D eigenvalue weighted by atomic mass is 9.87. The number of aryl methyl sites for hydroxylation is 1. The molecule has 7 nitrogen and oxygen atoms in total. The summed E-state index contributed by atoms with van der Waals surface area (Å²) < 4.78 is 41.9. The van der Waals surface area contributed by atoms with Crippen LogP contribution in [0.4, 0.5) is 4.79 Å². The summed E-state index contributed by atoms with van der Waals surface area (Å²) in [4.78, 5) is 13.8. The van der Waals surface area contributed by atoms with Gasteiger partial charge in [0.25, 0.3) is 0 Å². The Labute approximate surface area is 223 Å². The number of carbonyl (C=O) groups is 1. The van der Waals surface area contributed by atoms with E-state index < -0.39 is 21.7 Å². The minimum Gasteiger partial charge on any atom is -0.497 e. The molecular formula is C30H32N2O5S. The van der Waals surface area contributed by atoms with E-state index in [2.05, 4.69) is 0 Å². The van der Waals surface area contributed by atoms with Crippen molar-refractivity contribution >= 4 is 27.0 Å². The molecular weight excluding hydrogens is 500 g/mol. The zero-order valence-electron chi connectivity index (χ0n) is 22.3. The highest BCUT2D eigenvalue weighted by atomic mass is 32.2. The average Bonchev–Trinajstić information content (AvgIpc) is 3.22. The standard InChI is InChI=1S/C30H32N2O5S/c1-20-10-16-23(17-11-20)38(34,35)31-18-25(21-12-14-22(36-5)15-13-21)28-24-8-6-7-9-26(24)32(27(28)19-31)29(33)37-30(2,3)4/h6-17,25H,18-19H2,1-5H3. The molecule has 38 heavy (non-hydrogen) atoms. The van der Waals surface area contributed by atoms with Crippen LogP contribution in [0.5, 0.6) is 5.75 Å². The Morgan fingerprint density at radius 3 is 2.24 bits per heavy atom. The van der Waals surface area contributed by atoms with E-state index in [1.165, 1.54) is 4.31 Å². The molecule has 1 aliphatic rings. The van der Waals surface area contributed by atoms with Crippen molar-refractivity contribution in [1.29, 1.82) is 0 Å². The van der Waals surface area contributed by atoms with Gasteiger partial charge in [-0.3, -0.25) is 0 Å². The fourth-order valence-corrected chi connectivity index (χ4v) is 6.47. The lowest BCUT2D eigenvalue weighted by Gasteiger charge is -2.33. The van der Waals surface area contributed by atoms with Crippen LogP contribution in [0.1, 0.15) is 49.1 Å². The Hall–Kier alpha value is -3.62. The molecule has 2 heterocycles. The summed E-state index contributed by atoms with van der Waals surface area (Å²) in [5.74, 6) is 0.406. The normalized spacial score (nSPS) is 16.3. The van der Waals surface area contributed by atoms with Crippen molar-refractivity contribution in [1.82, 2.24) is 8.87 Å². The van der Waals surface area contributed by atoms with E-state index in [-0.39, 0.29) is 23.9 Å². The second kappa shape index (κ2) is 9.60. The molecule has 8 heteroatoms. The first kappa shape index (κ1) is 26.0. The van der Waals surface area contributed by atoms with Gasteiger partial charge in [0, 0.05) is 23.5 Å². The van der Waals surface area contributed by atoms with Crippen molar-refractivity contribution in [2.75, 3.05) is 13.7 Å². The molecule has 0 N–H and O–H groups in total. The lowest BCUT2D eigenvalue weighted by Crippen LogP contribution is -2.40. The molecule has 5 rings (SSSR count). The fourth-order valence-electron chi connectivity index (χ4n) is 5.06. The van der Waals surface area contributed by atoms with Crippen molar-refractivity contribution in [3.05, 3.63) is 95.2 Å². The summed E-state index contributed by atoms with van der Waals surface area (Å²) in [6.07, 6.45) is -0.530. The number of fused-ring (bicyclic) bond motifs is 3. The maximum absolute atomic E-state index is 13.9. The molecule has 4 aromatic rings. The molecule has 3 aromatic carbocycles. The minimum absolute atomic E-state index is 0.0477. The maximum Gasteiger partial charge on any atom is 0.419 e. The van der Waals surface area contributed by atoms with E-state index >= 15 is 0 Å². The first-order valence-electron chi connectivity index (χ1n) is 12.6. The quantitative estimate of drug-likeness (QED) is 0.318. The maximum atomic E-state index is 13.9. The predicted octanol–water partition coefficient (Wildman–Crippen LogP) is 6.08. The number of nitrogens with zero attached hydrogens (tertiary/aromatic N) is 2. The predicted molar refractivity (Wildman–Crippen MR) is 147 cm³/mol. The number of carbonyl (C=O) groups excluding carboxylic acids is 1. The van der Waals surface area contributed by atoms with Crippen molar-refractivity contribution in [2.24, 2.45) is 0 Å². The summed E-state index contributed by atoms with van der Waals surface area (Å²) in [5, 5.41) is 0.904. The van der Waals surface area contributed by atoms with Crippen molar-refractivity contribution in [3.63, 3.8) is 0 Å². The van der Waals surface area contributed by atoms with Crippen LogP contribution in [0.2, 0.25) is 0 Å². The molecule has 0 saturated carbocycles. The number of ether oxygens (including phenoxy) is 2. The van der Waals surface area contributed by atoms with Gasteiger partial charge in [-0.05, 0) is 69.2 Å². The number of rotatable bonds is 4. The Kier molecular flexibility index (Phi) is 6.57. The Bertz CT molecular complexity index is 1600. The van der Waals surface area contributed by atoms with E-state index in [1.807, 2.05) is 76.2 Å². The zero-order chi connectivity index (χ0) is 27.2. The second-order valence-corrected chi connectivity index (χ2v) is 12.6. The van der Waals surface area contributed by atoms with E-state index in [1.54, 1.807) is 35.9 Å². The first-order valence-corrected chi connectivity index (χ1v) is 14.0. The molecule has 1 aliphatic heterocycles. The highest BCUT2D eigenvalue weighted by Crippen LogP contribution is 2.42. The average molecular weight is 533 g/mol.